The zero-order valence-corrected chi connectivity index (χ0v) is 22.7. The van der Waals surface area contributed by atoms with Gasteiger partial charge in [-0.2, -0.15) is 0 Å². The van der Waals surface area contributed by atoms with E-state index in [0.29, 0.717) is 31.0 Å². The van der Waals surface area contributed by atoms with E-state index in [0.717, 1.165) is 23.3 Å². The van der Waals surface area contributed by atoms with Crippen molar-refractivity contribution in [3.05, 3.63) is 101 Å². The van der Waals surface area contributed by atoms with Gasteiger partial charge in [-0.25, -0.2) is 0 Å². The van der Waals surface area contributed by atoms with Gasteiger partial charge < -0.3 is 15.0 Å². The Balaban J connectivity index is 1.78. The number of benzene rings is 3. The summed E-state index contributed by atoms with van der Waals surface area (Å²) < 4.78 is 5.83. The largest absolute Gasteiger partial charge is 0.494 e. The van der Waals surface area contributed by atoms with Gasteiger partial charge in [-0.05, 0) is 62.1 Å². The molecule has 2 amide bonds. The van der Waals surface area contributed by atoms with Gasteiger partial charge in [0.1, 0.15) is 11.8 Å². The van der Waals surface area contributed by atoms with Crippen molar-refractivity contribution in [2.45, 2.75) is 65.1 Å². The number of hydrogen-bond acceptors (Lipinski definition) is 3. The van der Waals surface area contributed by atoms with Crippen LogP contribution in [0.15, 0.2) is 78.9 Å². The molecule has 196 valence electrons. The molecule has 0 aliphatic rings. The van der Waals surface area contributed by atoms with E-state index in [1.54, 1.807) is 17.0 Å². The number of rotatable bonds is 13. The lowest BCUT2D eigenvalue weighted by atomic mass is 10.0. The van der Waals surface area contributed by atoms with Crippen LogP contribution in [0, 0.1) is 6.92 Å². The molecule has 0 spiro atoms. The van der Waals surface area contributed by atoms with Crippen molar-refractivity contribution in [2.75, 3.05) is 6.61 Å². The molecule has 3 aromatic rings. The van der Waals surface area contributed by atoms with Gasteiger partial charge >= 0.3 is 0 Å². The molecule has 2 atom stereocenters. The summed E-state index contributed by atoms with van der Waals surface area (Å²) in [6.07, 6.45) is 2.07. The van der Waals surface area contributed by atoms with Crippen LogP contribution < -0.4 is 10.1 Å². The Kier molecular flexibility index (Phi) is 11.0. The average Bonchev–Trinajstić information content (AvgIpc) is 2.91. The van der Waals surface area contributed by atoms with Crippen molar-refractivity contribution in [3.63, 3.8) is 0 Å². The monoisotopic (exact) mass is 520 g/mol. The summed E-state index contributed by atoms with van der Waals surface area (Å²) in [6, 6.07) is 24.5. The highest BCUT2D eigenvalue weighted by atomic mass is 35.5. The van der Waals surface area contributed by atoms with Gasteiger partial charge in [-0.3, -0.25) is 9.59 Å². The van der Waals surface area contributed by atoms with Crippen molar-refractivity contribution in [1.82, 2.24) is 10.2 Å². The summed E-state index contributed by atoms with van der Waals surface area (Å²) in [4.78, 5) is 28.8. The number of halogens is 1. The number of nitrogens with one attached hydrogen (secondary N) is 1. The van der Waals surface area contributed by atoms with Crippen LogP contribution in [-0.2, 0) is 22.6 Å². The van der Waals surface area contributed by atoms with E-state index in [1.165, 1.54) is 5.56 Å². The zero-order chi connectivity index (χ0) is 26.6. The highest BCUT2D eigenvalue weighted by Gasteiger charge is 2.30. The van der Waals surface area contributed by atoms with Crippen molar-refractivity contribution in [2.24, 2.45) is 0 Å². The predicted octanol–water partition coefficient (Wildman–Crippen LogP) is 6.36. The first-order valence-electron chi connectivity index (χ1n) is 12.9. The molecule has 0 aromatic heterocycles. The minimum Gasteiger partial charge on any atom is -0.494 e. The first-order chi connectivity index (χ1) is 17.9. The molecule has 6 heteroatoms. The van der Waals surface area contributed by atoms with Crippen LogP contribution in [0.4, 0.5) is 0 Å². The second-order valence-electron chi connectivity index (χ2n) is 9.44. The molecule has 0 radical (unpaired) electrons. The fourth-order valence-electron chi connectivity index (χ4n) is 3.97. The molecule has 0 aliphatic carbocycles. The minimum absolute atomic E-state index is 0.0150. The Morgan fingerprint density at radius 2 is 1.62 bits per heavy atom. The second-order valence-corrected chi connectivity index (χ2v) is 9.87. The molecule has 0 heterocycles. The van der Waals surface area contributed by atoms with Crippen LogP contribution in [0.25, 0.3) is 0 Å². The molecular weight excluding hydrogens is 484 g/mol. The molecular formula is C31H37ClN2O3. The lowest BCUT2D eigenvalue weighted by Crippen LogP contribution is -2.52. The molecule has 0 unspecified atom stereocenters. The number of nitrogens with zero attached hydrogens (tertiary/aromatic N) is 1. The zero-order valence-electron chi connectivity index (χ0n) is 22.0. The first kappa shape index (κ1) is 28.3. The molecule has 37 heavy (non-hydrogen) atoms. The maximum absolute atomic E-state index is 13.6. The summed E-state index contributed by atoms with van der Waals surface area (Å²) >= 11 is 6.09. The number of amides is 2. The molecule has 0 bridgehead atoms. The third kappa shape index (κ3) is 9.25. The number of carbonyl (C=O) groups is 2. The quantitative estimate of drug-likeness (QED) is 0.267. The fraction of sp³-hybridized carbons (Fsp3) is 0.355. The van der Waals surface area contributed by atoms with Gasteiger partial charge in [0.2, 0.25) is 11.8 Å². The second kappa shape index (κ2) is 14.4. The minimum atomic E-state index is -0.641. The number of aryl methyl sites for hydroxylation is 1. The van der Waals surface area contributed by atoms with Crippen LogP contribution >= 0.6 is 11.6 Å². The summed E-state index contributed by atoms with van der Waals surface area (Å²) in [6.45, 7) is 6.78. The van der Waals surface area contributed by atoms with E-state index in [1.807, 2.05) is 87.5 Å². The molecule has 0 aliphatic heterocycles. The first-order valence-corrected chi connectivity index (χ1v) is 13.3. The Bertz CT molecular complexity index is 1120. The highest BCUT2D eigenvalue weighted by molar-refractivity contribution is 6.30. The van der Waals surface area contributed by atoms with E-state index in [2.05, 4.69) is 5.32 Å². The third-order valence-electron chi connectivity index (χ3n) is 6.36. The fourth-order valence-corrected chi connectivity index (χ4v) is 4.10. The van der Waals surface area contributed by atoms with E-state index in [4.69, 9.17) is 16.3 Å². The Hall–Kier alpha value is -3.31. The van der Waals surface area contributed by atoms with Gasteiger partial charge in [-0.1, -0.05) is 78.7 Å². The molecule has 0 saturated heterocycles. The Labute approximate surface area is 225 Å². The normalized spacial score (nSPS) is 12.4. The lowest BCUT2D eigenvalue weighted by Gasteiger charge is -2.32. The molecule has 3 rings (SSSR count). The van der Waals surface area contributed by atoms with Crippen LogP contribution in [0.2, 0.25) is 5.02 Å². The van der Waals surface area contributed by atoms with Crippen molar-refractivity contribution in [1.29, 1.82) is 0 Å². The SMILES string of the molecule is CC[C@H](C)NC(=O)[C@H](Cc1ccccc1)N(Cc1ccc(Cl)cc1)C(=O)CCCOc1ccc(C)cc1. The summed E-state index contributed by atoms with van der Waals surface area (Å²) in [5.41, 5.74) is 3.09. The van der Waals surface area contributed by atoms with Crippen LogP contribution in [0.3, 0.4) is 0 Å². The van der Waals surface area contributed by atoms with E-state index in [-0.39, 0.29) is 24.3 Å². The van der Waals surface area contributed by atoms with Crippen LogP contribution in [0.1, 0.15) is 49.8 Å². The lowest BCUT2D eigenvalue weighted by molar-refractivity contribution is -0.141. The van der Waals surface area contributed by atoms with Gasteiger partial charge in [0.25, 0.3) is 0 Å². The Morgan fingerprint density at radius 3 is 2.27 bits per heavy atom. The molecule has 0 saturated carbocycles. The molecule has 3 aromatic carbocycles. The summed E-state index contributed by atoms with van der Waals surface area (Å²) in [5.74, 6) is 0.560. The van der Waals surface area contributed by atoms with Gasteiger partial charge in [0, 0.05) is 30.5 Å². The summed E-state index contributed by atoms with van der Waals surface area (Å²) in [5, 5.41) is 3.72. The van der Waals surface area contributed by atoms with Gasteiger partial charge in [-0.15, -0.1) is 0 Å². The van der Waals surface area contributed by atoms with E-state index < -0.39 is 6.04 Å². The number of carbonyl (C=O) groups excluding carboxylic acids is 2. The molecule has 1 N–H and O–H groups in total. The van der Waals surface area contributed by atoms with Crippen LogP contribution in [-0.4, -0.2) is 35.4 Å². The Morgan fingerprint density at radius 1 is 0.946 bits per heavy atom. The number of hydrogen-bond donors (Lipinski definition) is 1. The third-order valence-corrected chi connectivity index (χ3v) is 6.61. The van der Waals surface area contributed by atoms with Gasteiger partial charge in [0.15, 0.2) is 0 Å². The topological polar surface area (TPSA) is 58.6 Å². The standard InChI is InChI=1S/C31H37ClN2O3/c1-4-24(3)33-31(36)29(21-25-9-6-5-7-10-25)34(22-26-14-16-27(32)17-15-26)30(35)11-8-20-37-28-18-12-23(2)13-19-28/h5-7,9-10,12-19,24,29H,4,8,11,20-22H2,1-3H3,(H,33,36)/t24-,29-/m0/s1. The van der Waals surface area contributed by atoms with Crippen molar-refractivity contribution in [3.8, 4) is 5.75 Å². The van der Waals surface area contributed by atoms with E-state index in [9.17, 15) is 9.59 Å². The molecule has 0 fully saturated rings. The maximum atomic E-state index is 13.6. The van der Waals surface area contributed by atoms with Crippen molar-refractivity contribution >= 4 is 23.4 Å². The summed E-state index contributed by atoms with van der Waals surface area (Å²) in [7, 11) is 0. The molecule has 5 nitrogen and oxygen atoms in total. The predicted molar refractivity (Wildman–Crippen MR) is 150 cm³/mol. The number of ether oxygens (including phenoxy) is 1. The highest BCUT2D eigenvalue weighted by Crippen LogP contribution is 2.19. The van der Waals surface area contributed by atoms with Crippen LogP contribution in [0.5, 0.6) is 5.75 Å². The smallest absolute Gasteiger partial charge is 0.243 e. The van der Waals surface area contributed by atoms with E-state index >= 15 is 0 Å². The maximum Gasteiger partial charge on any atom is 0.243 e. The van der Waals surface area contributed by atoms with Gasteiger partial charge in [0.05, 0.1) is 6.61 Å². The average molecular weight is 521 g/mol. The van der Waals surface area contributed by atoms with Crippen molar-refractivity contribution < 1.29 is 14.3 Å².